The maximum atomic E-state index is 11.7. The molecule has 3 N–H and O–H groups in total. The highest BCUT2D eigenvalue weighted by atomic mass is 16.2. The quantitative estimate of drug-likeness (QED) is 0.727. The van der Waals surface area contributed by atoms with E-state index in [4.69, 9.17) is 0 Å². The number of para-hydroxylation sites is 1. The number of amides is 2. The first-order valence-electron chi connectivity index (χ1n) is 9.05. The highest BCUT2D eigenvalue weighted by Gasteiger charge is 2.58. The van der Waals surface area contributed by atoms with Gasteiger partial charge in [-0.2, -0.15) is 0 Å². The number of benzene rings is 1. The lowest BCUT2D eigenvalue weighted by atomic mass is 10.0. The molecule has 1 fully saturated rings. The number of hydrogen-bond donors (Lipinski definition) is 3. The summed E-state index contributed by atoms with van der Waals surface area (Å²) in [4.78, 5) is 15.2. The molecule has 2 aromatic rings. The molecule has 4 nitrogen and oxygen atoms in total. The molecule has 1 aliphatic rings. The number of urea groups is 1. The molecule has 1 heterocycles. The number of nitrogens with one attached hydrogen (secondary N) is 3. The van der Waals surface area contributed by atoms with Gasteiger partial charge in [-0.15, -0.1) is 0 Å². The summed E-state index contributed by atoms with van der Waals surface area (Å²) in [6.45, 7) is 10.4. The number of aromatic nitrogens is 1. The number of fused-ring (bicyclic) bond motifs is 1. The number of carbonyl (C=O) groups is 1. The molecule has 130 valence electrons. The van der Waals surface area contributed by atoms with Gasteiger partial charge in [0.05, 0.1) is 0 Å². The van der Waals surface area contributed by atoms with Gasteiger partial charge in [0.1, 0.15) is 0 Å². The van der Waals surface area contributed by atoms with E-state index in [1.54, 1.807) is 0 Å². The maximum Gasteiger partial charge on any atom is 0.314 e. The van der Waals surface area contributed by atoms with Crippen LogP contribution in [-0.4, -0.2) is 24.1 Å². The van der Waals surface area contributed by atoms with Crippen molar-refractivity contribution in [1.29, 1.82) is 0 Å². The number of aryl methyl sites for hydroxylation is 1. The molecule has 0 saturated heterocycles. The van der Waals surface area contributed by atoms with Gasteiger partial charge < -0.3 is 15.6 Å². The zero-order valence-corrected chi connectivity index (χ0v) is 15.2. The summed E-state index contributed by atoms with van der Waals surface area (Å²) in [6.07, 6.45) is 1.99. The van der Waals surface area contributed by atoms with Crippen LogP contribution >= 0.6 is 0 Å². The second kappa shape index (κ2) is 6.50. The lowest BCUT2D eigenvalue weighted by Crippen LogP contribution is -2.36. The van der Waals surface area contributed by atoms with Gasteiger partial charge in [-0.1, -0.05) is 39.0 Å². The Kier molecular flexibility index (Phi) is 4.57. The molecule has 2 amide bonds. The summed E-state index contributed by atoms with van der Waals surface area (Å²) in [5, 5.41) is 7.20. The van der Waals surface area contributed by atoms with Crippen molar-refractivity contribution in [2.75, 3.05) is 13.1 Å². The van der Waals surface area contributed by atoms with Crippen LogP contribution in [0.4, 0.5) is 4.79 Å². The van der Waals surface area contributed by atoms with Crippen LogP contribution in [0.25, 0.3) is 10.9 Å². The molecule has 1 aliphatic carbocycles. The van der Waals surface area contributed by atoms with Crippen molar-refractivity contribution in [2.45, 2.75) is 46.5 Å². The van der Waals surface area contributed by atoms with Crippen LogP contribution in [0.1, 0.15) is 50.8 Å². The smallest absolute Gasteiger partial charge is 0.314 e. The number of hydrogen-bond acceptors (Lipinski definition) is 1. The van der Waals surface area contributed by atoms with Gasteiger partial charge in [0.2, 0.25) is 0 Å². The number of H-pyrrole nitrogens is 1. The average molecular weight is 327 g/mol. The van der Waals surface area contributed by atoms with E-state index >= 15 is 0 Å². The van der Waals surface area contributed by atoms with Crippen LogP contribution in [0.5, 0.6) is 0 Å². The molecule has 24 heavy (non-hydrogen) atoms. The molecule has 3 rings (SSSR count). The standard InChI is InChI=1S/C20H29N3O/c1-5-11-21-19(24)22-12-10-15-18(20(15,3)4)17-13(2)23-16-9-7-6-8-14(16)17/h6-9,15,18,23H,5,10-12H2,1-4H3,(H2,21,22,24)/t15-,18-/m0/s1. The van der Waals surface area contributed by atoms with E-state index in [1.807, 2.05) is 0 Å². The van der Waals surface area contributed by atoms with E-state index < -0.39 is 0 Å². The van der Waals surface area contributed by atoms with Gasteiger partial charge in [-0.25, -0.2) is 4.79 Å². The minimum absolute atomic E-state index is 0.0462. The van der Waals surface area contributed by atoms with Crippen LogP contribution in [0.3, 0.4) is 0 Å². The lowest BCUT2D eigenvalue weighted by molar-refractivity contribution is 0.240. The van der Waals surface area contributed by atoms with Crippen LogP contribution < -0.4 is 10.6 Å². The summed E-state index contributed by atoms with van der Waals surface area (Å²) in [5.74, 6) is 1.18. The Balaban J connectivity index is 1.66. The van der Waals surface area contributed by atoms with E-state index in [-0.39, 0.29) is 11.4 Å². The summed E-state index contributed by atoms with van der Waals surface area (Å²) < 4.78 is 0. The zero-order chi connectivity index (χ0) is 17.3. The van der Waals surface area contributed by atoms with Crippen molar-refractivity contribution in [3.8, 4) is 0 Å². The predicted molar refractivity (Wildman–Crippen MR) is 99.4 cm³/mol. The Hall–Kier alpha value is -1.97. The Bertz CT molecular complexity index is 732. The molecule has 0 aliphatic heterocycles. The molecular formula is C20H29N3O. The van der Waals surface area contributed by atoms with Crippen molar-refractivity contribution < 1.29 is 4.79 Å². The Morgan fingerprint density at radius 1 is 1.21 bits per heavy atom. The van der Waals surface area contributed by atoms with Gasteiger partial charge in [0.15, 0.2) is 0 Å². The Morgan fingerprint density at radius 2 is 1.92 bits per heavy atom. The van der Waals surface area contributed by atoms with Gasteiger partial charge >= 0.3 is 6.03 Å². The lowest BCUT2D eigenvalue weighted by Gasteiger charge is -2.07. The third-order valence-electron chi connectivity index (χ3n) is 5.58. The molecule has 1 aromatic carbocycles. The van der Waals surface area contributed by atoms with Crippen LogP contribution in [0.15, 0.2) is 24.3 Å². The molecule has 0 radical (unpaired) electrons. The van der Waals surface area contributed by atoms with Gasteiger partial charge in [-0.05, 0) is 48.6 Å². The van der Waals surface area contributed by atoms with Gasteiger partial charge in [0, 0.05) is 29.7 Å². The maximum absolute atomic E-state index is 11.7. The molecular weight excluding hydrogens is 298 g/mol. The van der Waals surface area contributed by atoms with Crippen molar-refractivity contribution in [3.63, 3.8) is 0 Å². The fourth-order valence-corrected chi connectivity index (χ4v) is 4.20. The van der Waals surface area contributed by atoms with E-state index in [0.717, 1.165) is 25.9 Å². The first kappa shape index (κ1) is 16.9. The van der Waals surface area contributed by atoms with Crippen molar-refractivity contribution >= 4 is 16.9 Å². The molecule has 0 unspecified atom stereocenters. The van der Waals surface area contributed by atoms with Crippen LogP contribution in [-0.2, 0) is 0 Å². The topological polar surface area (TPSA) is 56.9 Å². The predicted octanol–water partition coefficient (Wildman–Crippen LogP) is 4.32. The molecule has 0 spiro atoms. The van der Waals surface area contributed by atoms with Gasteiger partial charge in [0.25, 0.3) is 0 Å². The fraction of sp³-hybridized carbons (Fsp3) is 0.550. The van der Waals surface area contributed by atoms with Crippen LogP contribution in [0.2, 0.25) is 0 Å². The van der Waals surface area contributed by atoms with Crippen molar-refractivity contribution in [2.24, 2.45) is 11.3 Å². The monoisotopic (exact) mass is 327 g/mol. The Morgan fingerprint density at radius 3 is 2.67 bits per heavy atom. The molecule has 4 heteroatoms. The van der Waals surface area contributed by atoms with Crippen molar-refractivity contribution in [3.05, 3.63) is 35.5 Å². The number of aromatic amines is 1. The van der Waals surface area contributed by atoms with Crippen molar-refractivity contribution in [1.82, 2.24) is 15.6 Å². The first-order chi connectivity index (χ1) is 11.5. The fourth-order valence-electron chi connectivity index (χ4n) is 4.20. The summed E-state index contributed by atoms with van der Waals surface area (Å²) in [5.41, 5.74) is 4.27. The largest absolute Gasteiger partial charge is 0.358 e. The zero-order valence-electron chi connectivity index (χ0n) is 15.2. The molecule has 1 saturated carbocycles. The van der Waals surface area contributed by atoms with E-state index in [2.05, 4.69) is 67.6 Å². The minimum atomic E-state index is -0.0462. The molecule has 2 atom stereocenters. The minimum Gasteiger partial charge on any atom is -0.358 e. The normalized spacial score (nSPS) is 21.7. The summed E-state index contributed by atoms with van der Waals surface area (Å²) in [7, 11) is 0. The third-order valence-corrected chi connectivity index (χ3v) is 5.58. The molecule has 0 bridgehead atoms. The molecule has 1 aromatic heterocycles. The highest BCUT2D eigenvalue weighted by molar-refractivity contribution is 5.86. The highest BCUT2D eigenvalue weighted by Crippen LogP contribution is 2.67. The number of carbonyl (C=O) groups excluding carboxylic acids is 1. The first-order valence-corrected chi connectivity index (χ1v) is 9.05. The van der Waals surface area contributed by atoms with E-state index in [0.29, 0.717) is 11.8 Å². The van der Waals surface area contributed by atoms with E-state index in [1.165, 1.54) is 22.2 Å². The van der Waals surface area contributed by atoms with Crippen LogP contribution in [0, 0.1) is 18.3 Å². The second-order valence-electron chi connectivity index (χ2n) is 7.59. The second-order valence-corrected chi connectivity index (χ2v) is 7.59. The summed E-state index contributed by atoms with van der Waals surface area (Å²) >= 11 is 0. The number of rotatable bonds is 6. The van der Waals surface area contributed by atoms with Gasteiger partial charge in [-0.3, -0.25) is 0 Å². The summed E-state index contributed by atoms with van der Waals surface area (Å²) in [6, 6.07) is 8.51. The SMILES string of the molecule is CCCNC(=O)NCC[C@H]1[C@@H](c2c(C)[nH]c3ccccc23)C1(C)C. The third kappa shape index (κ3) is 3.02. The Labute approximate surface area is 144 Å². The average Bonchev–Trinajstić information content (AvgIpc) is 2.91. The van der Waals surface area contributed by atoms with E-state index in [9.17, 15) is 4.79 Å².